The van der Waals surface area contributed by atoms with Gasteiger partial charge in [0.1, 0.15) is 10.4 Å². The first kappa shape index (κ1) is 10.4. The molecule has 1 N–H and O–H groups in total. The normalized spacial score (nSPS) is 8.80. The molecule has 0 spiro atoms. The van der Waals surface area contributed by atoms with Gasteiger partial charge >= 0.3 is 0 Å². The monoisotopic (exact) mass is 217 g/mol. The van der Waals surface area contributed by atoms with Gasteiger partial charge < -0.3 is 9.40 Å². The highest BCUT2D eigenvalue weighted by Crippen LogP contribution is 2.02. The third-order valence-corrected chi connectivity index (χ3v) is 0.658. The molecule has 0 aliphatic heterocycles. The van der Waals surface area contributed by atoms with Gasteiger partial charge in [-0.25, -0.2) is 0 Å². The Labute approximate surface area is 78.9 Å². The molecule has 0 bridgehead atoms. The Morgan fingerprint density at radius 3 is 2.30 bits per heavy atom. The third kappa shape index (κ3) is 8.36. The highest BCUT2D eigenvalue weighted by Gasteiger charge is 1.76. The second kappa shape index (κ2) is 6.09. The van der Waals surface area contributed by atoms with Gasteiger partial charge in [-0.3, -0.25) is 0 Å². The topological polar surface area (TPSA) is 28.9 Å². The van der Waals surface area contributed by atoms with E-state index in [1.807, 2.05) is 0 Å². The lowest BCUT2D eigenvalue weighted by molar-refractivity contribution is 0.540. The summed E-state index contributed by atoms with van der Waals surface area (Å²) in [5.41, 5.74) is 0. The largest absolute Gasteiger partial charge is 0.438 e. The molecule has 1 aromatic heterocycles. The molecule has 58 valence electrons. The molecule has 1 aromatic rings. The lowest BCUT2D eigenvalue weighted by Gasteiger charge is -1.72. The Morgan fingerprint density at radius 1 is 1.70 bits per heavy atom. The van der Waals surface area contributed by atoms with Crippen molar-refractivity contribution in [2.24, 2.45) is 0 Å². The quantitative estimate of drug-likeness (QED) is 0.398. The summed E-state index contributed by atoms with van der Waals surface area (Å²) in [5.74, 6) is 0. The van der Waals surface area contributed by atoms with Crippen LogP contribution in [0.5, 0.6) is 0 Å². The van der Waals surface area contributed by atoms with Crippen molar-refractivity contribution in [1.29, 1.82) is 0 Å². The van der Waals surface area contributed by atoms with E-state index in [2.05, 4.69) is 34.2 Å². The van der Waals surface area contributed by atoms with Crippen LogP contribution in [-0.2, 0) is 0 Å². The van der Waals surface area contributed by atoms with Gasteiger partial charge in [0, 0.05) is 6.20 Å². The number of aromatic nitrogens is 1. The lowest BCUT2D eigenvalue weighted by Crippen LogP contribution is -1.55. The van der Waals surface area contributed by atoms with E-state index in [9.17, 15) is 0 Å². The number of hydrogen-bond acceptors (Lipinski definition) is 3. The molecule has 0 radical (unpaired) electrons. The summed E-state index contributed by atoms with van der Waals surface area (Å²) in [6.45, 7) is 0. The zero-order valence-corrected chi connectivity index (χ0v) is 7.97. The number of rotatable bonds is 0. The maximum Gasteiger partial charge on any atom is 0.265 e. The molecule has 0 atom stereocenters. The summed E-state index contributed by atoms with van der Waals surface area (Å²) in [4.78, 5) is 3.07. The molecule has 2 nitrogen and oxygen atoms in total. The van der Waals surface area contributed by atoms with E-state index in [1.54, 1.807) is 6.20 Å². The van der Waals surface area contributed by atoms with Crippen molar-refractivity contribution in [2.45, 2.75) is 4.17 Å². The number of alkyl halides is 2. The van der Waals surface area contributed by atoms with E-state index in [0.29, 0.717) is 4.84 Å². The number of hydrogen-bond donors (Lipinski definition) is 2. The zero-order valence-electron chi connectivity index (χ0n) is 4.75. The van der Waals surface area contributed by atoms with Crippen LogP contribution in [0.2, 0.25) is 0 Å². The highest BCUT2D eigenvalue weighted by atomic mass is 35.5. The molecule has 0 amide bonds. The first-order valence-corrected chi connectivity index (χ1v) is 4.01. The molecule has 6 heteroatoms. The number of aromatic amines is 1. The van der Waals surface area contributed by atoms with Crippen LogP contribution in [0.15, 0.2) is 16.9 Å². The molecule has 0 aliphatic rings. The predicted octanol–water partition coefficient (Wildman–Crippen LogP) is 3.01. The van der Waals surface area contributed by atoms with E-state index >= 15 is 0 Å². The smallest absolute Gasteiger partial charge is 0.265 e. The number of H-pyrrole nitrogens is 1. The standard InChI is InChI=1S/C3H3NOS.CH2Cl2S/c6-3-4-1-2-5-3;2-1(3)4/h1-2H,(H,4,6);1,4H. The molecular weight excluding hydrogens is 213 g/mol. The van der Waals surface area contributed by atoms with Crippen molar-refractivity contribution in [3.63, 3.8) is 0 Å². The maximum absolute atomic E-state index is 4.90. The predicted molar refractivity (Wildman–Crippen MR) is 48.4 cm³/mol. The SMILES string of the molecule is S=c1[nH]cco1.SC(Cl)Cl. The Bertz CT molecular complexity index is 190. The van der Waals surface area contributed by atoms with Crippen LogP contribution in [0.3, 0.4) is 0 Å². The molecule has 0 aliphatic carbocycles. The Balaban J connectivity index is 0.000000180. The minimum absolute atomic E-state index is 0.426. The summed E-state index contributed by atoms with van der Waals surface area (Å²) in [6, 6.07) is 0. The summed E-state index contributed by atoms with van der Waals surface area (Å²) in [5, 5.41) is 0. The summed E-state index contributed by atoms with van der Waals surface area (Å²) in [7, 11) is 0. The van der Waals surface area contributed by atoms with Crippen LogP contribution in [0.1, 0.15) is 0 Å². The molecule has 1 heterocycles. The average molecular weight is 218 g/mol. The number of nitrogens with one attached hydrogen (secondary N) is 1. The third-order valence-electron chi connectivity index (χ3n) is 0.444. The van der Waals surface area contributed by atoms with Gasteiger partial charge in [-0.05, 0) is 12.2 Å². The first-order chi connectivity index (χ1) is 4.63. The Hall–Kier alpha value is 0.360. The van der Waals surface area contributed by atoms with Crippen LogP contribution in [0.25, 0.3) is 0 Å². The van der Waals surface area contributed by atoms with Crippen LogP contribution in [0, 0.1) is 4.84 Å². The summed E-state index contributed by atoms with van der Waals surface area (Å²) < 4.78 is 4.06. The van der Waals surface area contributed by atoms with Crippen LogP contribution < -0.4 is 0 Å². The zero-order chi connectivity index (χ0) is 7.98. The molecule has 0 aromatic carbocycles. The highest BCUT2D eigenvalue weighted by molar-refractivity contribution is 7.84. The Kier molecular flexibility index (Phi) is 6.31. The minimum atomic E-state index is -0.528. The minimum Gasteiger partial charge on any atom is -0.438 e. The first-order valence-electron chi connectivity index (χ1n) is 2.21. The number of oxazole rings is 1. The second-order valence-electron chi connectivity index (χ2n) is 1.13. The fourth-order valence-electron chi connectivity index (χ4n) is 0.232. The van der Waals surface area contributed by atoms with Crippen molar-refractivity contribution in [3.8, 4) is 0 Å². The van der Waals surface area contributed by atoms with Crippen molar-refractivity contribution in [3.05, 3.63) is 17.3 Å². The van der Waals surface area contributed by atoms with Gasteiger partial charge in [0.15, 0.2) is 0 Å². The van der Waals surface area contributed by atoms with Crippen LogP contribution in [0.4, 0.5) is 0 Å². The fraction of sp³-hybridized carbons (Fsp3) is 0.250. The van der Waals surface area contributed by atoms with Gasteiger partial charge in [-0.15, -0.1) is 12.6 Å². The van der Waals surface area contributed by atoms with Gasteiger partial charge in [0.2, 0.25) is 0 Å². The second-order valence-corrected chi connectivity index (χ2v) is 3.72. The van der Waals surface area contributed by atoms with Crippen molar-refractivity contribution >= 4 is 48.0 Å². The molecule has 0 saturated heterocycles. The molecule has 0 unspecified atom stereocenters. The van der Waals surface area contributed by atoms with Crippen molar-refractivity contribution < 1.29 is 4.42 Å². The number of halogens is 2. The molecule has 10 heavy (non-hydrogen) atoms. The molecular formula is C4H5Cl2NOS2. The van der Waals surface area contributed by atoms with E-state index < -0.39 is 4.17 Å². The van der Waals surface area contributed by atoms with E-state index in [1.165, 1.54) is 6.26 Å². The molecule has 0 fully saturated rings. The molecule has 1 rings (SSSR count). The number of thiol groups is 1. The Morgan fingerprint density at radius 2 is 2.20 bits per heavy atom. The molecule has 0 saturated carbocycles. The maximum atomic E-state index is 4.90. The summed E-state index contributed by atoms with van der Waals surface area (Å²) in [6.07, 6.45) is 3.14. The lowest BCUT2D eigenvalue weighted by atomic mass is 11.0. The summed E-state index contributed by atoms with van der Waals surface area (Å²) >= 11 is 17.8. The van der Waals surface area contributed by atoms with Gasteiger partial charge in [-0.1, -0.05) is 23.2 Å². The average Bonchev–Trinajstić information content (AvgIpc) is 2.15. The van der Waals surface area contributed by atoms with E-state index in [0.717, 1.165) is 0 Å². The van der Waals surface area contributed by atoms with Gasteiger partial charge in [0.05, 0.1) is 0 Å². The van der Waals surface area contributed by atoms with E-state index in [4.69, 9.17) is 23.2 Å². The van der Waals surface area contributed by atoms with Gasteiger partial charge in [-0.2, -0.15) is 0 Å². The van der Waals surface area contributed by atoms with Crippen molar-refractivity contribution in [1.82, 2.24) is 4.98 Å². The fourth-order valence-corrected chi connectivity index (χ4v) is 0.355. The van der Waals surface area contributed by atoms with Crippen LogP contribution in [-0.4, -0.2) is 9.15 Å². The van der Waals surface area contributed by atoms with Crippen molar-refractivity contribution in [2.75, 3.05) is 0 Å². The van der Waals surface area contributed by atoms with Crippen LogP contribution >= 0.6 is 48.0 Å². The van der Waals surface area contributed by atoms with E-state index in [-0.39, 0.29) is 0 Å². The van der Waals surface area contributed by atoms with Gasteiger partial charge in [0.25, 0.3) is 4.84 Å².